The predicted octanol–water partition coefficient (Wildman–Crippen LogP) is 0.827. The lowest BCUT2D eigenvalue weighted by Crippen LogP contribution is -2.40. The Labute approximate surface area is 95.4 Å². The van der Waals surface area contributed by atoms with Crippen molar-refractivity contribution in [3.05, 3.63) is 12.2 Å². The molecule has 0 saturated heterocycles. The van der Waals surface area contributed by atoms with Crippen LogP contribution in [-0.2, 0) is 9.47 Å². The second kappa shape index (κ2) is 5.32. The Balaban J connectivity index is 2.23. The molecule has 0 radical (unpaired) electrons. The maximum Gasteiger partial charge on any atom is 0.407 e. The quantitative estimate of drug-likeness (QED) is 0.703. The summed E-state index contributed by atoms with van der Waals surface area (Å²) in [6.07, 6.45) is 2.00. The molecule has 1 amide bonds. The minimum absolute atomic E-state index is 0.115. The lowest BCUT2D eigenvalue weighted by molar-refractivity contribution is 0.00948. The Morgan fingerprint density at radius 3 is 2.88 bits per heavy atom. The fourth-order valence-corrected chi connectivity index (χ4v) is 1.27. The topological polar surface area (TPSA) is 67.8 Å². The standard InChI is InChI=1S/C11H19NO4/c1-11(2,3)16-10(14)12-7-8(13)9-5-4-6-15-9/h4-5,8-9,13H,6-7H2,1-3H3,(H,12,14)/t8-,9+/m1/s1. The molecule has 1 heterocycles. The summed E-state index contributed by atoms with van der Waals surface area (Å²) in [4.78, 5) is 11.3. The van der Waals surface area contributed by atoms with Crippen molar-refractivity contribution in [2.45, 2.75) is 38.6 Å². The van der Waals surface area contributed by atoms with Crippen molar-refractivity contribution in [1.82, 2.24) is 5.32 Å². The van der Waals surface area contributed by atoms with Crippen LogP contribution in [0.15, 0.2) is 12.2 Å². The first-order valence-corrected chi connectivity index (χ1v) is 5.31. The van der Waals surface area contributed by atoms with Crippen molar-refractivity contribution in [2.75, 3.05) is 13.2 Å². The van der Waals surface area contributed by atoms with Gasteiger partial charge >= 0.3 is 6.09 Å². The molecule has 0 fully saturated rings. The molecule has 92 valence electrons. The highest BCUT2D eigenvalue weighted by Gasteiger charge is 2.22. The number of rotatable bonds is 3. The molecule has 1 rings (SSSR count). The molecule has 0 aromatic heterocycles. The SMILES string of the molecule is CC(C)(C)OC(=O)NC[C@@H](O)[C@@H]1C=CCO1. The van der Waals surface area contributed by atoms with Gasteiger partial charge in [0.05, 0.1) is 6.61 Å². The summed E-state index contributed by atoms with van der Waals surface area (Å²) >= 11 is 0. The molecule has 2 N–H and O–H groups in total. The second-order valence-corrected chi connectivity index (χ2v) is 4.68. The molecular weight excluding hydrogens is 210 g/mol. The highest BCUT2D eigenvalue weighted by Crippen LogP contribution is 2.09. The smallest absolute Gasteiger partial charge is 0.407 e. The van der Waals surface area contributed by atoms with Gasteiger partial charge in [-0.3, -0.25) is 0 Å². The van der Waals surface area contributed by atoms with Crippen molar-refractivity contribution in [1.29, 1.82) is 0 Å². The molecule has 0 aromatic rings. The van der Waals surface area contributed by atoms with Crippen LogP contribution < -0.4 is 5.32 Å². The van der Waals surface area contributed by atoms with Gasteiger partial charge in [-0.05, 0) is 20.8 Å². The average Bonchev–Trinajstić information content (AvgIpc) is 2.64. The number of ether oxygens (including phenoxy) is 2. The van der Waals surface area contributed by atoms with E-state index in [-0.39, 0.29) is 12.6 Å². The van der Waals surface area contributed by atoms with Gasteiger partial charge in [0, 0.05) is 6.54 Å². The molecule has 5 nitrogen and oxygen atoms in total. The fraction of sp³-hybridized carbons (Fsp3) is 0.727. The number of aliphatic hydroxyl groups is 1. The highest BCUT2D eigenvalue weighted by molar-refractivity contribution is 5.67. The van der Waals surface area contributed by atoms with Crippen LogP contribution in [0.25, 0.3) is 0 Å². The van der Waals surface area contributed by atoms with E-state index in [1.807, 2.05) is 6.08 Å². The number of hydrogen-bond donors (Lipinski definition) is 2. The molecule has 5 heteroatoms. The van der Waals surface area contributed by atoms with E-state index >= 15 is 0 Å². The van der Waals surface area contributed by atoms with E-state index in [1.54, 1.807) is 26.8 Å². The molecule has 0 aromatic carbocycles. The normalized spacial score (nSPS) is 21.9. The fourth-order valence-electron chi connectivity index (χ4n) is 1.27. The van der Waals surface area contributed by atoms with Gasteiger partial charge in [-0.15, -0.1) is 0 Å². The largest absolute Gasteiger partial charge is 0.444 e. The van der Waals surface area contributed by atoms with E-state index in [2.05, 4.69) is 5.32 Å². The summed E-state index contributed by atoms with van der Waals surface area (Å²) in [7, 11) is 0. The molecule has 0 unspecified atom stereocenters. The minimum atomic E-state index is -0.744. The summed E-state index contributed by atoms with van der Waals surface area (Å²) in [5, 5.41) is 12.1. The van der Waals surface area contributed by atoms with Crippen molar-refractivity contribution >= 4 is 6.09 Å². The summed E-state index contributed by atoms with van der Waals surface area (Å²) in [6.45, 7) is 5.97. The van der Waals surface area contributed by atoms with Gasteiger partial charge in [-0.1, -0.05) is 12.2 Å². The maximum atomic E-state index is 11.3. The lowest BCUT2D eigenvalue weighted by atomic mass is 10.2. The minimum Gasteiger partial charge on any atom is -0.444 e. The van der Waals surface area contributed by atoms with Gasteiger partial charge in [0.1, 0.15) is 17.8 Å². The first-order chi connectivity index (χ1) is 7.38. The number of carbonyl (C=O) groups excluding carboxylic acids is 1. The van der Waals surface area contributed by atoms with E-state index in [1.165, 1.54) is 0 Å². The summed E-state index contributed by atoms with van der Waals surface area (Å²) in [6, 6.07) is 0. The number of carbonyl (C=O) groups is 1. The summed E-state index contributed by atoms with van der Waals surface area (Å²) in [5.74, 6) is 0. The van der Waals surface area contributed by atoms with Crippen LogP contribution in [0.4, 0.5) is 4.79 Å². The monoisotopic (exact) mass is 229 g/mol. The summed E-state index contributed by atoms with van der Waals surface area (Å²) in [5.41, 5.74) is -0.529. The average molecular weight is 229 g/mol. The Hall–Kier alpha value is -1.07. The zero-order valence-corrected chi connectivity index (χ0v) is 9.90. The maximum absolute atomic E-state index is 11.3. The molecule has 2 atom stereocenters. The van der Waals surface area contributed by atoms with Gasteiger partial charge in [0.2, 0.25) is 0 Å². The highest BCUT2D eigenvalue weighted by atomic mass is 16.6. The van der Waals surface area contributed by atoms with Crippen molar-refractivity contribution in [3.8, 4) is 0 Å². The lowest BCUT2D eigenvalue weighted by Gasteiger charge is -2.21. The van der Waals surface area contributed by atoms with E-state index in [0.717, 1.165) is 0 Å². The Bertz CT molecular complexity index is 270. The molecule has 0 spiro atoms. The summed E-state index contributed by atoms with van der Waals surface area (Å²) < 4.78 is 10.2. The third-order valence-electron chi connectivity index (χ3n) is 1.94. The van der Waals surface area contributed by atoms with Crippen molar-refractivity contribution < 1.29 is 19.4 Å². The van der Waals surface area contributed by atoms with Crippen LogP contribution in [0.3, 0.4) is 0 Å². The van der Waals surface area contributed by atoms with Crippen LogP contribution in [-0.4, -0.2) is 42.2 Å². The van der Waals surface area contributed by atoms with E-state index in [9.17, 15) is 9.90 Å². The van der Waals surface area contributed by atoms with Gasteiger partial charge in [0.15, 0.2) is 0 Å². The first-order valence-electron chi connectivity index (χ1n) is 5.31. The van der Waals surface area contributed by atoms with Crippen LogP contribution in [0.5, 0.6) is 0 Å². The molecule has 16 heavy (non-hydrogen) atoms. The predicted molar refractivity (Wildman–Crippen MR) is 59.1 cm³/mol. The van der Waals surface area contributed by atoms with Gasteiger partial charge in [-0.25, -0.2) is 4.79 Å². The third-order valence-corrected chi connectivity index (χ3v) is 1.94. The van der Waals surface area contributed by atoms with Crippen molar-refractivity contribution in [3.63, 3.8) is 0 Å². The zero-order valence-electron chi connectivity index (χ0n) is 9.90. The number of amides is 1. The second-order valence-electron chi connectivity index (χ2n) is 4.68. The van der Waals surface area contributed by atoms with E-state index in [0.29, 0.717) is 6.61 Å². The van der Waals surface area contributed by atoms with Gasteiger partial charge in [0.25, 0.3) is 0 Å². The molecule has 0 saturated carbocycles. The zero-order chi connectivity index (χ0) is 12.2. The number of alkyl carbamates (subject to hydrolysis) is 1. The first kappa shape index (κ1) is 13.0. The van der Waals surface area contributed by atoms with Crippen LogP contribution in [0, 0.1) is 0 Å². The van der Waals surface area contributed by atoms with Crippen LogP contribution >= 0.6 is 0 Å². The molecule has 1 aliphatic heterocycles. The molecule has 0 bridgehead atoms. The number of aliphatic hydroxyl groups excluding tert-OH is 1. The van der Waals surface area contributed by atoms with Gasteiger partial charge < -0.3 is 19.9 Å². The van der Waals surface area contributed by atoms with Gasteiger partial charge in [-0.2, -0.15) is 0 Å². The van der Waals surface area contributed by atoms with Crippen LogP contribution in [0.1, 0.15) is 20.8 Å². The third kappa shape index (κ3) is 4.63. The Morgan fingerprint density at radius 1 is 1.69 bits per heavy atom. The van der Waals surface area contributed by atoms with Crippen LogP contribution in [0.2, 0.25) is 0 Å². The number of nitrogens with one attached hydrogen (secondary N) is 1. The van der Waals surface area contributed by atoms with E-state index in [4.69, 9.17) is 9.47 Å². The van der Waals surface area contributed by atoms with Crippen molar-refractivity contribution in [2.24, 2.45) is 0 Å². The number of hydrogen-bond acceptors (Lipinski definition) is 4. The Morgan fingerprint density at radius 2 is 2.38 bits per heavy atom. The molecule has 1 aliphatic rings. The Kier molecular flexibility index (Phi) is 4.32. The molecular formula is C11H19NO4. The molecule has 0 aliphatic carbocycles. The van der Waals surface area contributed by atoms with E-state index < -0.39 is 17.8 Å².